The van der Waals surface area contributed by atoms with Crippen LogP contribution in [0.1, 0.15) is 40.0 Å². The second-order valence-corrected chi connectivity index (χ2v) is 8.67. The summed E-state index contributed by atoms with van der Waals surface area (Å²) < 4.78 is 28.5. The highest BCUT2D eigenvalue weighted by atomic mass is 32.2. The lowest BCUT2D eigenvalue weighted by Crippen LogP contribution is -2.45. The van der Waals surface area contributed by atoms with E-state index in [1.807, 2.05) is 0 Å². The predicted molar refractivity (Wildman–Crippen MR) is 77.3 cm³/mol. The summed E-state index contributed by atoms with van der Waals surface area (Å²) in [5.74, 6) is 0.0362. The van der Waals surface area contributed by atoms with Gasteiger partial charge in [-0.05, 0) is 18.3 Å². The molecule has 2 fully saturated rings. The topological polar surface area (TPSA) is 69.7 Å². The predicted octanol–water partition coefficient (Wildman–Crippen LogP) is 0.564. The number of amides is 1. The van der Waals surface area contributed by atoms with Gasteiger partial charge in [-0.1, -0.05) is 20.8 Å². The van der Waals surface area contributed by atoms with Crippen molar-refractivity contribution in [3.05, 3.63) is 0 Å². The summed E-state index contributed by atoms with van der Waals surface area (Å²) in [5, 5.41) is 0. The molecule has 2 saturated heterocycles. The van der Waals surface area contributed by atoms with Gasteiger partial charge >= 0.3 is 0 Å². The fourth-order valence-electron chi connectivity index (χ4n) is 2.79. The number of carbonyl (C=O) groups excluding carboxylic acids is 1. The van der Waals surface area contributed by atoms with Crippen LogP contribution in [0.5, 0.6) is 0 Å². The first-order chi connectivity index (χ1) is 9.17. The fraction of sp³-hybridized carbons (Fsp3) is 0.923. The van der Waals surface area contributed by atoms with E-state index in [9.17, 15) is 13.2 Å². The van der Waals surface area contributed by atoms with Crippen LogP contribution in [-0.4, -0.2) is 55.8 Å². The summed E-state index contributed by atoms with van der Waals surface area (Å²) in [7, 11) is -3.43. The molecule has 6 nitrogen and oxygen atoms in total. The van der Waals surface area contributed by atoms with Crippen molar-refractivity contribution in [3.8, 4) is 0 Å². The molecule has 0 saturated carbocycles. The summed E-state index contributed by atoms with van der Waals surface area (Å²) in [4.78, 5) is 13.7. The van der Waals surface area contributed by atoms with Gasteiger partial charge in [0.2, 0.25) is 5.91 Å². The molecule has 2 heterocycles. The normalized spacial score (nSPS) is 25.6. The Balaban J connectivity index is 1.93. The van der Waals surface area contributed by atoms with Gasteiger partial charge in [-0.25, -0.2) is 0 Å². The van der Waals surface area contributed by atoms with Crippen LogP contribution in [0.2, 0.25) is 0 Å². The van der Waals surface area contributed by atoms with Crippen LogP contribution in [0.4, 0.5) is 0 Å². The van der Waals surface area contributed by atoms with Gasteiger partial charge in [0.15, 0.2) is 0 Å². The lowest BCUT2D eigenvalue weighted by atomic mass is 9.96. The third-order valence-electron chi connectivity index (χ3n) is 3.60. The smallest absolute Gasteiger partial charge is 0.279 e. The highest BCUT2D eigenvalue weighted by Gasteiger charge is 2.36. The van der Waals surface area contributed by atoms with Crippen LogP contribution in [-0.2, 0) is 15.0 Å². The summed E-state index contributed by atoms with van der Waals surface area (Å²) in [6, 6.07) is -0.296. The standard InChI is InChI=1S/C13H25N3O3S/c1-13(2,3)10-15-9-11(8-12(15)17)14-20(18,19)16-6-4-5-7-16/h11,14H,4-10H2,1-3H3/t11-/m1/s1. The second-order valence-electron chi connectivity index (χ2n) is 6.97. The molecule has 0 radical (unpaired) electrons. The second kappa shape index (κ2) is 5.61. The van der Waals surface area contributed by atoms with Gasteiger partial charge in [0.05, 0.1) is 0 Å². The molecule has 0 aromatic carbocycles. The lowest BCUT2D eigenvalue weighted by Gasteiger charge is -2.26. The third-order valence-corrected chi connectivity index (χ3v) is 5.28. The summed E-state index contributed by atoms with van der Waals surface area (Å²) >= 11 is 0. The SMILES string of the molecule is CC(C)(C)CN1C[C@H](NS(=O)(=O)N2CCCC2)CC1=O. The van der Waals surface area contributed by atoms with E-state index in [2.05, 4.69) is 25.5 Å². The van der Waals surface area contributed by atoms with Gasteiger partial charge < -0.3 is 4.90 Å². The molecule has 2 aliphatic rings. The van der Waals surface area contributed by atoms with E-state index in [-0.39, 0.29) is 23.8 Å². The average Bonchev–Trinajstić information content (AvgIpc) is 2.87. The fourth-order valence-corrected chi connectivity index (χ4v) is 4.26. The average molecular weight is 303 g/mol. The van der Waals surface area contributed by atoms with E-state index in [1.54, 1.807) is 4.90 Å². The molecular weight excluding hydrogens is 278 g/mol. The van der Waals surface area contributed by atoms with Gasteiger partial charge in [-0.2, -0.15) is 17.4 Å². The summed E-state index contributed by atoms with van der Waals surface area (Å²) in [6.45, 7) is 8.52. The minimum absolute atomic E-state index is 0.0262. The minimum atomic E-state index is -3.43. The number of rotatable bonds is 4. The van der Waals surface area contributed by atoms with E-state index < -0.39 is 10.2 Å². The molecule has 1 N–H and O–H groups in total. The first kappa shape index (κ1) is 15.7. The van der Waals surface area contributed by atoms with E-state index in [0.717, 1.165) is 12.8 Å². The molecule has 1 amide bonds. The van der Waals surface area contributed by atoms with Gasteiger partial charge in [-0.15, -0.1) is 0 Å². The number of carbonyl (C=O) groups is 1. The Morgan fingerprint density at radius 2 is 1.85 bits per heavy atom. The van der Waals surface area contributed by atoms with Crippen LogP contribution in [0.15, 0.2) is 0 Å². The molecule has 2 aliphatic heterocycles. The van der Waals surface area contributed by atoms with Crippen molar-refractivity contribution in [3.63, 3.8) is 0 Å². The maximum atomic E-state index is 12.2. The molecule has 0 unspecified atom stereocenters. The monoisotopic (exact) mass is 303 g/mol. The molecular formula is C13H25N3O3S. The number of nitrogens with zero attached hydrogens (tertiary/aromatic N) is 2. The number of hydrogen-bond acceptors (Lipinski definition) is 3. The Hall–Kier alpha value is -0.660. The van der Waals surface area contributed by atoms with Crippen molar-refractivity contribution < 1.29 is 13.2 Å². The molecule has 1 atom stereocenters. The Morgan fingerprint density at radius 1 is 1.25 bits per heavy atom. The Kier molecular flexibility index (Phi) is 4.41. The summed E-state index contributed by atoms with van der Waals surface area (Å²) in [6.07, 6.45) is 2.10. The van der Waals surface area contributed by atoms with Crippen molar-refractivity contribution in [1.29, 1.82) is 0 Å². The van der Waals surface area contributed by atoms with E-state index in [1.165, 1.54) is 4.31 Å². The highest BCUT2D eigenvalue weighted by molar-refractivity contribution is 7.87. The van der Waals surface area contributed by atoms with Gasteiger partial charge in [0, 0.05) is 38.6 Å². The van der Waals surface area contributed by atoms with Gasteiger partial charge in [0.1, 0.15) is 0 Å². The van der Waals surface area contributed by atoms with E-state index in [0.29, 0.717) is 26.2 Å². The minimum Gasteiger partial charge on any atom is -0.341 e. The van der Waals surface area contributed by atoms with Gasteiger partial charge in [-0.3, -0.25) is 4.79 Å². The molecule has 0 aliphatic carbocycles. The Labute approximate surface area is 121 Å². The number of likely N-dealkylation sites (tertiary alicyclic amines) is 1. The molecule has 2 rings (SSSR count). The Morgan fingerprint density at radius 3 is 2.40 bits per heavy atom. The molecule has 0 aromatic rings. The van der Waals surface area contributed by atoms with Crippen molar-refractivity contribution in [2.24, 2.45) is 5.41 Å². The molecule has 0 spiro atoms. The zero-order valence-electron chi connectivity index (χ0n) is 12.6. The first-order valence-electron chi connectivity index (χ1n) is 7.22. The maximum Gasteiger partial charge on any atom is 0.279 e. The molecule has 0 aromatic heterocycles. The highest BCUT2D eigenvalue weighted by Crippen LogP contribution is 2.21. The van der Waals surface area contributed by atoms with Crippen LogP contribution in [0, 0.1) is 5.41 Å². The maximum absolute atomic E-state index is 12.2. The number of hydrogen-bond donors (Lipinski definition) is 1. The van der Waals surface area contributed by atoms with Gasteiger partial charge in [0.25, 0.3) is 10.2 Å². The van der Waals surface area contributed by atoms with Crippen molar-refractivity contribution in [2.45, 2.75) is 46.1 Å². The first-order valence-corrected chi connectivity index (χ1v) is 8.67. The number of nitrogens with one attached hydrogen (secondary N) is 1. The van der Waals surface area contributed by atoms with Crippen molar-refractivity contribution >= 4 is 16.1 Å². The largest absolute Gasteiger partial charge is 0.341 e. The molecule has 20 heavy (non-hydrogen) atoms. The van der Waals surface area contributed by atoms with Crippen LogP contribution < -0.4 is 4.72 Å². The molecule has 116 valence electrons. The van der Waals surface area contributed by atoms with E-state index >= 15 is 0 Å². The lowest BCUT2D eigenvalue weighted by molar-refractivity contribution is -0.128. The van der Waals surface area contributed by atoms with Crippen molar-refractivity contribution in [2.75, 3.05) is 26.2 Å². The third kappa shape index (κ3) is 3.93. The zero-order valence-corrected chi connectivity index (χ0v) is 13.4. The Bertz CT molecular complexity index is 464. The van der Waals surface area contributed by atoms with E-state index in [4.69, 9.17) is 0 Å². The molecule has 0 bridgehead atoms. The summed E-state index contributed by atoms with van der Waals surface area (Å²) in [5.41, 5.74) is 0.0262. The van der Waals surface area contributed by atoms with Crippen LogP contribution in [0.25, 0.3) is 0 Å². The van der Waals surface area contributed by atoms with Crippen LogP contribution in [0.3, 0.4) is 0 Å². The zero-order chi connectivity index (χ0) is 15.0. The van der Waals surface area contributed by atoms with Crippen LogP contribution >= 0.6 is 0 Å². The molecule has 7 heteroatoms. The quantitative estimate of drug-likeness (QED) is 0.825. The van der Waals surface area contributed by atoms with Crippen molar-refractivity contribution in [1.82, 2.24) is 13.9 Å².